The smallest absolute Gasteiger partial charge is 0.336 e. The Hall–Kier alpha value is -2.14. The molecular weight excluding hydrogens is 270 g/mol. The van der Waals surface area contributed by atoms with Crippen LogP contribution in [-0.2, 0) is 11.3 Å². The SMILES string of the molecule is Cc1ccc2c(CNC(C(=O)O)C3CC3)cc(=O)oc2c1. The maximum Gasteiger partial charge on any atom is 0.336 e. The Balaban J connectivity index is 1.89. The molecule has 0 saturated heterocycles. The van der Waals surface area contributed by atoms with Crippen molar-refractivity contribution in [3.05, 3.63) is 45.8 Å². The second-order valence-electron chi connectivity index (χ2n) is 5.62. The first-order valence-corrected chi connectivity index (χ1v) is 7.04. The molecule has 0 aliphatic heterocycles. The Morgan fingerprint density at radius 1 is 1.43 bits per heavy atom. The fourth-order valence-electron chi connectivity index (χ4n) is 2.59. The minimum atomic E-state index is -0.833. The van der Waals surface area contributed by atoms with E-state index in [9.17, 15) is 14.7 Å². The summed E-state index contributed by atoms with van der Waals surface area (Å²) >= 11 is 0. The Morgan fingerprint density at radius 3 is 2.86 bits per heavy atom. The minimum Gasteiger partial charge on any atom is -0.480 e. The standard InChI is InChI=1S/C16H17NO4/c1-9-2-5-12-11(7-14(18)21-13(12)6-9)8-17-15(16(19)20)10-3-4-10/h2,5-7,10,15,17H,3-4,8H2,1H3,(H,19,20). The number of carboxylic acids is 1. The van der Waals surface area contributed by atoms with E-state index < -0.39 is 17.6 Å². The molecule has 1 aliphatic carbocycles. The third kappa shape index (κ3) is 2.97. The topological polar surface area (TPSA) is 79.5 Å². The van der Waals surface area contributed by atoms with E-state index in [2.05, 4.69) is 5.32 Å². The number of fused-ring (bicyclic) bond motifs is 1. The van der Waals surface area contributed by atoms with Crippen LogP contribution in [0.15, 0.2) is 33.5 Å². The zero-order valence-electron chi connectivity index (χ0n) is 11.8. The third-order valence-electron chi connectivity index (χ3n) is 3.86. The fourth-order valence-corrected chi connectivity index (χ4v) is 2.59. The summed E-state index contributed by atoms with van der Waals surface area (Å²) in [5.41, 5.74) is 1.91. The first-order chi connectivity index (χ1) is 10.0. The Labute approximate surface area is 121 Å². The number of hydrogen-bond acceptors (Lipinski definition) is 4. The fraction of sp³-hybridized carbons (Fsp3) is 0.375. The maximum absolute atomic E-state index is 11.6. The van der Waals surface area contributed by atoms with Gasteiger partial charge >= 0.3 is 11.6 Å². The summed E-state index contributed by atoms with van der Waals surface area (Å²) in [6, 6.07) is 6.54. The van der Waals surface area contributed by atoms with E-state index >= 15 is 0 Å². The molecule has 0 radical (unpaired) electrons. The van der Waals surface area contributed by atoms with E-state index in [4.69, 9.17) is 4.42 Å². The van der Waals surface area contributed by atoms with Gasteiger partial charge in [-0.1, -0.05) is 12.1 Å². The van der Waals surface area contributed by atoms with Crippen LogP contribution in [0.5, 0.6) is 0 Å². The molecule has 1 saturated carbocycles. The van der Waals surface area contributed by atoms with E-state index in [1.807, 2.05) is 25.1 Å². The number of rotatable bonds is 5. The molecule has 5 nitrogen and oxygen atoms in total. The molecule has 5 heteroatoms. The number of aliphatic carboxylic acids is 1. The summed E-state index contributed by atoms with van der Waals surface area (Å²) in [5.74, 6) is -0.628. The van der Waals surface area contributed by atoms with Crippen molar-refractivity contribution in [1.29, 1.82) is 0 Å². The van der Waals surface area contributed by atoms with Gasteiger partial charge in [0.05, 0.1) is 0 Å². The highest BCUT2D eigenvalue weighted by atomic mass is 16.4. The molecule has 0 spiro atoms. The zero-order chi connectivity index (χ0) is 15.0. The minimum absolute atomic E-state index is 0.205. The van der Waals surface area contributed by atoms with Gasteiger partial charge in [0.15, 0.2) is 0 Å². The predicted molar refractivity (Wildman–Crippen MR) is 78.2 cm³/mol. The van der Waals surface area contributed by atoms with Crippen LogP contribution in [0.4, 0.5) is 0 Å². The van der Waals surface area contributed by atoms with E-state index in [0.717, 1.165) is 29.4 Å². The molecule has 110 valence electrons. The Morgan fingerprint density at radius 2 is 2.19 bits per heavy atom. The molecule has 21 heavy (non-hydrogen) atoms. The van der Waals surface area contributed by atoms with Crippen molar-refractivity contribution >= 4 is 16.9 Å². The first kappa shape index (κ1) is 13.8. The Bertz CT molecular complexity index is 746. The molecule has 1 fully saturated rings. The monoisotopic (exact) mass is 287 g/mol. The average molecular weight is 287 g/mol. The summed E-state index contributed by atoms with van der Waals surface area (Å²) in [7, 11) is 0. The Kier molecular flexibility index (Phi) is 3.51. The van der Waals surface area contributed by atoms with Gasteiger partial charge in [-0.15, -0.1) is 0 Å². The number of carboxylic acid groups (broad SMARTS) is 1. The van der Waals surface area contributed by atoms with E-state index in [1.54, 1.807) is 0 Å². The quantitative estimate of drug-likeness (QED) is 0.823. The highest BCUT2D eigenvalue weighted by Gasteiger charge is 2.35. The van der Waals surface area contributed by atoms with Crippen LogP contribution in [0.3, 0.4) is 0 Å². The molecule has 2 N–H and O–H groups in total. The van der Waals surface area contributed by atoms with Crippen molar-refractivity contribution in [2.75, 3.05) is 0 Å². The lowest BCUT2D eigenvalue weighted by atomic mass is 10.1. The van der Waals surface area contributed by atoms with Crippen LogP contribution in [-0.4, -0.2) is 17.1 Å². The summed E-state index contributed by atoms with van der Waals surface area (Å²) < 4.78 is 5.20. The molecule has 1 unspecified atom stereocenters. The van der Waals surface area contributed by atoms with Crippen molar-refractivity contribution in [3.8, 4) is 0 Å². The van der Waals surface area contributed by atoms with Crippen LogP contribution in [0, 0.1) is 12.8 Å². The number of aryl methyl sites for hydroxylation is 1. The largest absolute Gasteiger partial charge is 0.480 e. The molecule has 2 aromatic rings. The molecule has 1 heterocycles. The molecule has 3 rings (SSSR count). The average Bonchev–Trinajstić information content (AvgIpc) is 3.22. The van der Waals surface area contributed by atoms with E-state index in [0.29, 0.717) is 12.1 Å². The van der Waals surface area contributed by atoms with Crippen LogP contribution >= 0.6 is 0 Å². The predicted octanol–water partition coefficient (Wildman–Crippen LogP) is 2.05. The van der Waals surface area contributed by atoms with Gasteiger partial charge in [0.1, 0.15) is 11.6 Å². The van der Waals surface area contributed by atoms with Gasteiger partial charge in [0, 0.05) is 18.0 Å². The van der Waals surface area contributed by atoms with Crippen molar-refractivity contribution in [2.24, 2.45) is 5.92 Å². The van der Waals surface area contributed by atoms with Gasteiger partial charge in [-0.3, -0.25) is 4.79 Å². The summed E-state index contributed by atoms with van der Waals surface area (Å²) in [6.45, 7) is 2.27. The second kappa shape index (κ2) is 5.33. The molecule has 1 atom stereocenters. The normalized spacial score (nSPS) is 16.0. The van der Waals surface area contributed by atoms with Crippen molar-refractivity contribution in [2.45, 2.75) is 32.4 Å². The maximum atomic E-state index is 11.6. The molecule has 1 aromatic carbocycles. The lowest BCUT2D eigenvalue weighted by Crippen LogP contribution is -2.38. The molecular formula is C16H17NO4. The van der Waals surface area contributed by atoms with Gasteiger partial charge in [0.2, 0.25) is 0 Å². The van der Waals surface area contributed by atoms with Gasteiger partial charge in [-0.25, -0.2) is 4.79 Å². The summed E-state index contributed by atoms with van der Waals surface area (Å²) in [4.78, 5) is 22.9. The highest BCUT2D eigenvalue weighted by molar-refractivity contribution is 5.81. The number of nitrogens with one attached hydrogen (secondary N) is 1. The van der Waals surface area contributed by atoms with E-state index in [-0.39, 0.29) is 5.92 Å². The number of benzene rings is 1. The van der Waals surface area contributed by atoms with Gasteiger partial charge < -0.3 is 14.8 Å². The van der Waals surface area contributed by atoms with E-state index in [1.165, 1.54) is 6.07 Å². The van der Waals surface area contributed by atoms with Crippen LogP contribution < -0.4 is 10.9 Å². The van der Waals surface area contributed by atoms with Crippen molar-refractivity contribution in [1.82, 2.24) is 5.32 Å². The molecule has 0 bridgehead atoms. The van der Waals surface area contributed by atoms with Crippen LogP contribution in [0.2, 0.25) is 0 Å². The number of carbonyl (C=O) groups is 1. The first-order valence-electron chi connectivity index (χ1n) is 7.04. The highest BCUT2D eigenvalue weighted by Crippen LogP contribution is 2.33. The van der Waals surface area contributed by atoms with Gasteiger partial charge in [-0.2, -0.15) is 0 Å². The summed E-state index contributed by atoms with van der Waals surface area (Å²) in [6.07, 6.45) is 1.89. The lowest BCUT2D eigenvalue weighted by Gasteiger charge is -2.14. The molecule has 0 amide bonds. The third-order valence-corrected chi connectivity index (χ3v) is 3.86. The second-order valence-corrected chi connectivity index (χ2v) is 5.62. The van der Waals surface area contributed by atoms with Crippen LogP contribution in [0.25, 0.3) is 11.0 Å². The van der Waals surface area contributed by atoms with Crippen molar-refractivity contribution < 1.29 is 14.3 Å². The lowest BCUT2D eigenvalue weighted by molar-refractivity contribution is -0.140. The molecule has 1 aromatic heterocycles. The van der Waals surface area contributed by atoms with Crippen LogP contribution in [0.1, 0.15) is 24.0 Å². The van der Waals surface area contributed by atoms with Gasteiger partial charge in [-0.05, 0) is 42.9 Å². The van der Waals surface area contributed by atoms with Crippen molar-refractivity contribution in [3.63, 3.8) is 0 Å². The number of hydrogen-bond donors (Lipinski definition) is 2. The van der Waals surface area contributed by atoms with Gasteiger partial charge in [0.25, 0.3) is 0 Å². The summed E-state index contributed by atoms with van der Waals surface area (Å²) in [5, 5.41) is 13.1. The zero-order valence-corrected chi connectivity index (χ0v) is 11.8. The molecule has 1 aliphatic rings.